The van der Waals surface area contributed by atoms with Crippen LogP contribution >= 0.6 is 0 Å². The number of nitrogens with two attached hydrogens (primary N) is 1. The number of methoxy groups -OCH3 is 1. The molecular formula is C10H19N5O. The Morgan fingerprint density at radius 2 is 1.94 bits per heavy atom. The molecule has 0 saturated carbocycles. The lowest BCUT2D eigenvalue weighted by Gasteiger charge is -2.20. The Morgan fingerprint density at radius 1 is 1.31 bits per heavy atom. The fourth-order valence-corrected chi connectivity index (χ4v) is 1.14. The van der Waals surface area contributed by atoms with Crippen LogP contribution < -0.4 is 21.3 Å². The van der Waals surface area contributed by atoms with Gasteiger partial charge in [0.25, 0.3) is 0 Å². The molecule has 0 aromatic carbocycles. The van der Waals surface area contributed by atoms with Gasteiger partial charge in [-0.15, -0.1) is 0 Å². The number of nitrogens with one attached hydrogen (secondary N) is 2. The highest BCUT2D eigenvalue weighted by atomic mass is 16.5. The quantitative estimate of drug-likeness (QED) is 0.528. The van der Waals surface area contributed by atoms with Crippen LogP contribution in [0, 0.1) is 5.41 Å². The third-order valence-electron chi connectivity index (χ3n) is 1.93. The molecule has 16 heavy (non-hydrogen) atoms. The predicted octanol–water partition coefficient (Wildman–Crippen LogP) is 1.23. The van der Waals surface area contributed by atoms with Crippen molar-refractivity contribution < 1.29 is 4.74 Å². The lowest BCUT2D eigenvalue weighted by molar-refractivity contribution is 0.410. The zero-order chi connectivity index (χ0) is 12.2. The SMILES string of the molecule is COc1c(NN)ncnc1NCC(C)(C)C. The normalized spacial score (nSPS) is 11.1. The Kier molecular flexibility index (Phi) is 3.89. The summed E-state index contributed by atoms with van der Waals surface area (Å²) in [6, 6.07) is 0. The molecule has 4 N–H and O–H groups in total. The Labute approximate surface area is 95.6 Å². The molecule has 0 aliphatic carbocycles. The van der Waals surface area contributed by atoms with Gasteiger partial charge >= 0.3 is 0 Å². The maximum absolute atomic E-state index is 5.33. The van der Waals surface area contributed by atoms with E-state index in [1.54, 1.807) is 7.11 Å². The van der Waals surface area contributed by atoms with Gasteiger partial charge < -0.3 is 15.5 Å². The smallest absolute Gasteiger partial charge is 0.205 e. The van der Waals surface area contributed by atoms with Crippen LogP contribution in [0.1, 0.15) is 20.8 Å². The molecule has 0 spiro atoms. The first-order chi connectivity index (χ1) is 7.48. The van der Waals surface area contributed by atoms with Crippen molar-refractivity contribution in [3.8, 4) is 5.75 Å². The van der Waals surface area contributed by atoms with Crippen molar-refractivity contribution in [3.05, 3.63) is 6.33 Å². The van der Waals surface area contributed by atoms with Gasteiger partial charge in [0.2, 0.25) is 5.75 Å². The van der Waals surface area contributed by atoms with Crippen LogP contribution in [0.15, 0.2) is 6.33 Å². The van der Waals surface area contributed by atoms with E-state index in [0.29, 0.717) is 17.4 Å². The molecule has 0 bridgehead atoms. The Morgan fingerprint density at radius 3 is 2.44 bits per heavy atom. The number of hydrogen-bond donors (Lipinski definition) is 3. The molecule has 1 aromatic heterocycles. The maximum Gasteiger partial charge on any atom is 0.205 e. The van der Waals surface area contributed by atoms with Crippen molar-refractivity contribution in [1.29, 1.82) is 0 Å². The molecule has 0 fully saturated rings. The minimum absolute atomic E-state index is 0.159. The number of hydrogen-bond acceptors (Lipinski definition) is 6. The molecule has 1 rings (SSSR count). The minimum atomic E-state index is 0.159. The van der Waals surface area contributed by atoms with Crippen LogP contribution in [-0.4, -0.2) is 23.6 Å². The monoisotopic (exact) mass is 225 g/mol. The highest BCUT2D eigenvalue weighted by molar-refractivity contribution is 5.63. The highest BCUT2D eigenvalue weighted by Gasteiger charge is 2.14. The fraction of sp³-hybridized carbons (Fsp3) is 0.600. The summed E-state index contributed by atoms with van der Waals surface area (Å²) in [5.41, 5.74) is 2.63. The van der Waals surface area contributed by atoms with E-state index in [-0.39, 0.29) is 5.41 Å². The summed E-state index contributed by atoms with van der Waals surface area (Å²) in [4.78, 5) is 8.08. The lowest BCUT2D eigenvalue weighted by Crippen LogP contribution is -2.20. The van der Waals surface area contributed by atoms with Crippen molar-refractivity contribution in [1.82, 2.24) is 9.97 Å². The van der Waals surface area contributed by atoms with Gasteiger partial charge in [-0.25, -0.2) is 15.8 Å². The standard InChI is InChI=1S/C10H19N5O/c1-10(2,3)5-12-8-7(16-4)9(15-11)14-6-13-8/h6H,5,11H2,1-4H3,(H2,12,13,14,15). The number of rotatable bonds is 4. The van der Waals surface area contributed by atoms with Crippen molar-refractivity contribution in [3.63, 3.8) is 0 Å². The highest BCUT2D eigenvalue weighted by Crippen LogP contribution is 2.28. The number of nitrogens with zero attached hydrogens (tertiary/aromatic N) is 2. The average Bonchev–Trinajstić information content (AvgIpc) is 2.24. The van der Waals surface area contributed by atoms with Gasteiger partial charge in [0.15, 0.2) is 11.6 Å². The van der Waals surface area contributed by atoms with Gasteiger partial charge in [-0.2, -0.15) is 0 Å². The third-order valence-corrected chi connectivity index (χ3v) is 1.93. The zero-order valence-corrected chi connectivity index (χ0v) is 10.2. The molecule has 90 valence electrons. The fourth-order valence-electron chi connectivity index (χ4n) is 1.14. The van der Waals surface area contributed by atoms with E-state index >= 15 is 0 Å². The van der Waals surface area contributed by atoms with E-state index in [4.69, 9.17) is 10.6 Å². The predicted molar refractivity (Wildman–Crippen MR) is 64.3 cm³/mol. The van der Waals surface area contributed by atoms with Gasteiger partial charge in [0.05, 0.1) is 7.11 Å². The van der Waals surface area contributed by atoms with E-state index in [2.05, 4.69) is 41.5 Å². The van der Waals surface area contributed by atoms with Crippen molar-refractivity contribution in [2.45, 2.75) is 20.8 Å². The number of aromatic nitrogens is 2. The Hall–Kier alpha value is -1.56. The number of anilines is 2. The van der Waals surface area contributed by atoms with Crippen LogP contribution in [0.25, 0.3) is 0 Å². The minimum Gasteiger partial charge on any atom is -0.490 e. The van der Waals surface area contributed by atoms with Crippen molar-refractivity contribution in [2.75, 3.05) is 24.4 Å². The second-order valence-corrected chi connectivity index (χ2v) is 4.66. The number of nitrogen functional groups attached to an aromatic ring is 1. The van der Waals surface area contributed by atoms with E-state index in [0.717, 1.165) is 6.54 Å². The van der Waals surface area contributed by atoms with Crippen LogP contribution in [0.3, 0.4) is 0 Å². The molecule has 6 nitrogen and oxygen atoms in total. The largest absolute Gasteiger partial charge is 0.490 e. The average molecular weight is 225 g/mol. The second kappa shape index (κ2) is 4.98. The van der Waals surface area contributed by atoms with Crippen molar-refractivity contribution in [2.24, 2.45) is 11.3 Å². The van der Waals surface area contributed by atoms with Crippen molar-refractivity contribution >= 4 is 11.6 Å². The first-order valence-corrected chi connectivity index (χ1v) is 5.07. The molecule has 1 aromatic rings. The van der Waals surface area contributed by atoms with E-state index in [1.165, 1.54) is 6.33 Å². The Bertz CT molecular complexity index is 348. The molecule has 6 heteroatoms. The molecular weight excluding hydrogens is 206 g/mol. The lowest BCUT2D eigenvalue weighted by atomic mass is 9.97. The molecule has 0 unspecified atom stereocenters. The Balaban J connectivity index is 2.87. The second-order valence-electron chi connectivity index (χ2n) is 4.66. The van der Waals surface area contributed by atoms with Crippen LogP contribution in [0.2, 0.25) is 0 Å². The van der Waals surface area contributed by atoms with Gasteiger partial charge in [0, 0.05) is 6.54 Å². The van der Waals surface area contributed by atoms with Crippen LogP contribution in [-0.2, 0) is 0 Å². The first-order valence-electron chi connectivity index (χ1n) is 5.07. The summed E-state index contributed by atoms with van der Waals surface area (Å²) in [7, 11) is 1.56. The summed E-state index contributed by atoms with van der Waals surface area (Å²) < 4.78 is 5.20. The van der Waals surface area contributed by atoms with Crippen LogP contribution in [0.4, 0.5) is 11.6 Å². The maximum atomic E-state index is 5.33. The summed E-state index contributed by atoms with van der Waals surface area (Å²) in [5, 5.41) is 3.21. The van der Waals surface area contributed by atoms with Gasteiger partial charge in [-0.05, 0) is 5.41 Å². The zero-order valence-electron chi connectivity index (χ0n) is 10.2. The van der Waals surface area contributed by atoms with Gasteiger partial charge in [0.1, 0.15) is 6.33 Å². The van der Waals surface area contributed by atoms with Gasteiger partial charge in [-0.1, -0.05) is 20.8 Å². The van der Waals surface area contributed by atoms with Crippen LogP contribution in [0.5, 0.6) is 5.75 Å². The molecule has 0 atom stereocenters. The molecule has 1 heterocycles. The van der Waals surface area contributed by atoms with E-state index < -0.39 is 0 Å². The summed E-state index contributed by atoms with van der Waals surface area (Å²) in [6.45, 7) is 7.19. The molecule has 0 aliphatic rings. The summed E-state index contributed by atoms with van der Waals surface area (Å²) in [6.07, 6.45) is 1.43. The van der Waals surface area contributed by atoms with Gasteiger partial charge in [-0.3, -0.25) is 0 Å². The van der Waals surface area contributed by atoms with E-state index in [9.17, 15) is 0 Å². The third kappa shape index (κ3) is 3.23. The number of ether oxygens (including phenoxy) is 1. The van der Waals surface area contributed by atoms with E-state index in [1.807, 2.05) is 0 Å². The topological polar surface area (TPSA) is 85.1 Å². The summed E-state index contributed by atoms with van der Waals surface area (Å²) in [5.74, 6) is 6.96. The summed E-state index contributed by atoms with van der Waals surface area (Å²) >= 11 is 0. The molecule has 0 amide bonds. The molecule has 0 radical (unpaired) electrons. The molecule has 0 aliphatic heterocycles. The number of hydrazine groups is 1. The first kappa shape index (κ1) is 12.5. The molecule has 0 saturated heterocycles.